The maximum Gasteiger partial charge on any atom is 0.405 e. The first kappa shape index (κ1) is 22.4. The minimum atomic E-state index is -4.44. The van der Waals surface area contributed by atoms with Gasteiger partial charge in [-0.3, -0.25) is 10.1 Å². The molecule has 6 nitrogen and oxygen atoms in total. The Morgan fingerprint density at radius 2 is 1.73 bits per heavy atom. The normalized spacial score (nSPS) is 22.1. The maximum atomic E-state index is 13.1. The minimum Gasteiger partial charge on any atom is -0.326 e. The molecule has 1 aliphatic heterocycles. The molecule has 2 aromatic carbocycles. The topological polar surface area (TPSA) is 77.5 Å². The van der Waals surface area contributed by atoms with Crippen LogP contribution in [0.4, 0.5) is 18.9 Å². The second-order valence-corrected chi connectivity index (χ2v) is 7.56. The fourth-order valence-corrected chi connectivity index (χ4v) is 3.28. The van der Waals surface area contributed by atoms with Crippen molar-refractivity contribution in [3.05, 3.63) is 64.1 Å². The zero-order valence-electron chi connectivity index (χ0n) is 15.6. The van der Waals surface area contributed by atoms with E-state index in [2.05, 4.69) is 26.5 Å². The van der Waals surface area contributed by atoms with Gasteiger partial charge >= 0.3 is 6.18 Å². The average Bonchev–Trinajstić information content (AvgIpc) is 3.02. The Balaban J connectivity index is 1.85. The molecule has 0 radical (unpaired) electrons. The van der Waals surface area contributed by atoms with Crippen LogP contribution < -0.4 is 21.5 Å². The summed E-state index contributed by atoms with van der Waals surface area (Å²) in [5.74, 6) is -1.50. The van der Waals surface area contributed by atoms with Gasteiger partial charge in [-0.05, 0) is 36.4 Å². The smallest absolute Gasteiger partial charge is 0.326 e. The molecule has 11 heteroatoms. The lowest BCUT2D eigenvalue weighted by Gasteiger charge is -2.20. The summed E-state index contributed by atoms with van der Waals surface area (Å²) in [5.41, 5.74) is 5.49. The summed E-state index contributed by atoms with van der Waals surface area (Å²) in [7, 11) is 0. The number of hydrogen-bond acceptors (Lipinski definition) is 4. The Morgan fingerprint density at radius 1 is 1.07 bits per heavy atom. The van der Waals surface area contributed by atoms with E-state index in [0.717, 1.165) is 0 Å². The summed E-state index contributed by atoms with van der Waals surface area (Å²) < 4.78 is 39.4. The molecule has 0 bridgehead atoms. The van der Waals surface area contributed by atoms with Gasteiger partial charge in [0, 0.05) is 27.2 Å². The van der Waals surface area contributed by atoms with Gasteiger partial charge in [-0.25, -0.2) is 15.8 Å². The van der Waals surface area contributed by atoms with Crippen LogP contribution in [-0.2, 0) is 0 Å². The van der Waals surface area contributed by atoms with E-state index >= 15 is 0 Å². The predicted molar refractivity (Wildman–Crippen MR) is 110 cm³/mol. The first-order valence-corrected chi connectivity index (χ1v) is 9.64. The van der Waals surface area contributed by atoms with Crippen LogP contribution in [0, 0.1) is 5.92 Å². The number of hydrazine groups is 1. The van der Waals surface area contributed by atoms with Gasteiger partial charge in [-0.15, -0.1) is 0 Å². The Hall–Kier alpha value is -2.33. The monoisotopic (exact) mass is 459 g/mol. The zero-order chi connectivity index (χ0) is 21.9. The third-order valence-corrected chi connectivity index (χ3v) is 4.91. The van der Waals surface area contributed by atoms with Crippen molar-refractivity contribution in [1.29, 1.82) is 0 Å². The van der Waals surface area contributed by atoms with Gasteiger partial charge in [0.05, 0.1) is 0 Å². The van der Waals surface area contributed by atoms with Gasteiger partial charge in [0.25, 0.3) is 5.91 Å². The molecule has 1 saturated heterocycles. The number of nitrogens with zero attached hydrogens (tertiary/aromatic N) is 1. The summed E-state index contributed by atoms with van der Waals surface area (Å²) in [6, 6.07) is 11.1. The van der Waals surface area contributed by atoms with Gasteiger partial charge in [0.15, 0.2) is 0 Å². The fraction of sp³-hybridized carbons (Fsp3) is 0.263. The molecule has 3 unspecified atom stereocenters. The Kier molecular flexibility index (Phi) is 6.87. The van der Waals surface area contributed by atoms with Gasteiger partial charge in [0.1, 0.15) is 12.2 Å². The van der Waals surface area contributed by atoms with Crippen molar-refractivity contribution in [2.75, 3.05) is 5.32 Å². The number of benzene rings is 2. The summed E-state index contributed by atoms with van der Waals surface area (Å²) in [4.78, 5) is 16.9. The highest BCUT2D eigenvalue weighted by Gasteiger charge is 2.49. The molecule has 3 atom stereocenters. The summed E-state index contributed by atoms with van der Waals surface area (Å²) in [6.45, 7) is 1.41. The highest BCUT2D eigenvalue weighted by Crippen LogP contribution is 2.30. The number of carbonyl (C=O) groups is 1. The van der Waals surface area contributed by atoms with Crippen molar-refractivity contribution in [1.82, 2.24) is 16.2 Å². The van der Waals surface area contributed by atoms with Gasteiger partial charge < -0.3 is 5.32 Å². The molecular weight excluding hydrogens is 442 g/mol. The van der Waals surface area contributed by atoms with Crippen LogP contribution in [-0.4, -0.2) is 30.3 Å². The Labute approximate surface area is 180 Å². The molecule has 30 heavy (non-hydrogen) atoms. The lowest BCUT2D eigenvalue weighted by Crippen LogP contribution is -2.43. The third kappa shape index (κ3) is 5.63. The first-order valence-electron chi connectivity index (χ1n) is 8.88. The quantitative estimate of drug-likeness (QED) is 0.409. The van der Waals surface area contributed by atoms with Crippen LogP contribution in [0.15, 0.2) is 53.5 Å². The van der Waals surface area contributed by atoms with E-state index in [1.165, 1.54) is 13.0 Å². The molecule has 1 heterocycles. The molecule has 0 spiro atoms. The Bertz CT molecular complexity index is 954. The molecule has 3 rings (SSSR count). The molecule has 0 saturated carbocycles. The van der Waals surface area contributed by atoms with Crippen molar-refractivity contribution in [3.8, 4) is 0 Å². The lowest BCUT2D eigenvalue weighted by atomic mass is 10.0. The summed E-state index contributed by atoms with van der Waals surface area (Å²) in [6.07, 6.45) is -5.39. The molecule has 1 fully saturated rings. The third-order valence-electron chi connectivity index (χ3n) is 4.44. The second kappa shape index (κ2) is 9.22. The number of hydrogen-bond donors (Lipinski definition) is 4. The number of carbonyl (C=O) groups excluding carboxylic acids is 1. The van der Waals surface area contributed by atoms with Gasteiger partial charge in [0.2, 0.25) is 5.96 Å². The first-order chi connectivity index (χ1) is 14.1. The number of alkyl halides is 3. The van der Waals surface area contributed by atoms with E-state index in [1.807, 2.05) is 0 Å². The number of aliphatic imine (C=N–C) groups is 1. The van der Waals surface area contributed by atoms with Crippen molar-refractivity contribution < 1.29 is 18.0 Å². The van der Waals surface area contributed by atoms with Gasteiger partial charge in [-0.1, -0.05) is 42.3 Å². The van der Waals surface area contributed by atoms with Crippen LogP contribution in [0.25, 0.3) is 0 Å². The predicted octanol–water partition coefficient (Wildman–Crippen LogP) is 4.19. The number of nitrogens with one attached hydrogen (secondary N) is 4. The molecular formula is C19H18Cl2F3N5O. The number of guanidine groups is 1. The number of anilines is 1. The number of rotatable bonds is 3. The molecule has 0 aliphatic carbocycles. The Morgan fingerprint density at radius 3 is 2.33 bits per heavy atom. The lowest BCUT2D eigenvalue weighted by molar-refractivity contribution is -0.160. The largest absolute Gasteiger partial charge is 0.405 e. The van der Waals surface area contributed by atoms with E-state index in [9.17, 15) is 18.0 Å². The average molecular weight is 460 g/mol. The van der Waals surface area contributed by atoms with E-state index in [1.54, 1.807) is 42.5 Å². The highest BCUT2D eigenvalue weighted by atomic mass is 35.5. The van der Waals surface area contributed by atoms with E-state index in [0.29, 0.717) is 15.7 Å². The van der Waals surface area contributed by atoms with Crippen LogP contribution in [0.1, 0.15) is 17.3 Å². The summed E-state index contributed by atoms with van der Waals surface area (Å²) >= 11 is 11.9. The second-order valence-electron chi connectivity index (χ2n) is 6.69. The van der Waals surface area contributed by atoms with Crippen LogP contribution in [0.2, 0.25) is 10.0 Å². The molecule has 1 aliphatic rings. The van der Waals surface area contributed by atoms with E-state index < -0.39 is 30.2 Å². The van der Waals surface area contributed by atoms with Gasteiger partial charge in [-0.2, -0.15) is 13.2 Å². The van der Waals surface area contributed by atoms with E-state index in [4.69, 9.17) is 23.2 Å². The molecule has 4 N–H and O–H groups in total. The van der Waals surface area contributed by atoms with E-state index in [-0.39, 0.29) is 11.5 Å². The maximum absolute atomic E-state index is 13.1. The SMILES string of the molecule is CC1C(N=C(NC(=O)c2cccc(Cl)c2)Nc2cccc(Cl)c2)NNC1C(F)(F)F. The summed E-state index contributed by atoms with van der Waals surface area (Å²) in [5, 5.41) is 6.27. The van der Waals surface area contributed by atoms with Crippen molar-refractivity contribution in [3.63, 3.8) is 0 Å². The molecule has 0 aromatic heterocycles. The number of halogens is 5. The molecule has 1 amide bonds. The fourth-order valence-electron chi connectivity index (χ4n) is 2.90. The van der Waals surface area contributed by atoms with Crippen molar-refractivity contribution in [2.45, 2.75) is 25.3 Å². The van der Waals surface area contributed by atoms with Crippen LogP contribution in [0.5, 0.6) is 0 Å². The van der Waals surface area contributed by atoms with Crippen molar-refractivity contribution >= 4 is 40.8 Å². The molecule has 160 valence electrons. The minimum absolute atomic E-state index is 0.0452. The van der Waals surface area contributed by atoms with Crippen LogP contribution in [0.3, 0.4) is 0 Å². The highest BCUT2D eigenvalue weighted by molar-refractivity contribution is 6.31. The standard InChI is InChI=1S/C19H18Cl2F3N5O/c1-10-15(19(22,23)24)28-29-16(10)26-18(25-14-7-3-6-13(21)9-14)27-17(30)11-4-2-5-12(20)8-11/h2-10,15-16,28-29H,1H3,(H2,25,26,27,30). The molecule has 2 aromatic rings. The number of amides is 1. The zero-order valence-corrected chi connectivity index (χ0v) is 17.1. The van der Waals surface area contributed by atoms with Crippen molar-refractivity contribution in [2.24, 2.45) is 10.9 Å². The van der Waals surface area contributed by atoms with Crippen LogP contribution >= 0.6 is 23.2 Å².